The van der Waals surface area contributed by atoms with Gasteiger partial charge in [-0.3, -0.25) is 4.79 Å². The van der Waals surface area contributed by atoms with Crippen molar-refractivity contribution in [2.24, 2.45) is 5.92 Å². The molecular formula is C16H13NO7. The number of aliphatic hydroxyl groups excluding tert-OH is 1. The molecule has 8 nitrogen and oxygen atoms in total. The van der Waals surface area contributed by atoms with Gasteiger partial charge in [0.15, 0.2) is 11.2 Å². The van der Waals surface area contributed by atoms with E-state index < -0.39 is 29.7 Å². The van der Waals surface area contributed by atoms with Crippen LogP contribution in [0.1, 0.15) is 18.9 Å². The zero-order valence-electron chi connectivity index (χ0n) is 12.6. The summed E-state index contributed by atoms with van der Waals surface area (Å²) in [6.07, 6.45) is -0.529. The highest BCUT2D eigenvalue weighted by Gasteiger charge is 2.56. The first kappa shape index (κ1) is 14.7. The Labute approximate surface area is 134 Å². The number of carbonyl (C=O) groups excluding carboxylic acids is 1. The Morgan fingerprint density at radius 3 is 2.67 bits per heavy atom. The quantitative estimate of drug-likeness (QED) is 0.798. The Morgan fingerprint density at radius 1 is 1.29 bits per heavy atom. The second kappa shape index (κ2) is 4.81. The maximum atomic E-state index is 12.2. The number of benzene rings is 1. The zero-order chi connectivity index (χ0) is 17.2. The fourth-order valence-corrected chi connectivity index (χ4v) is 3.59. The van der Waals surface area contributed by atoms with Crippen LogP contribution in [0.4, 0.5) is 0 Å². The van der Waals surface area contributed by atoms with Gasteiger partial charge in [-0.1, -0.05) is 6.07 Å². The Balaban J connectivity index is 1.82. The molecule has 0 spiro atoms. The molecule has 2 aliphatic rings. The Hall–Kier alpha value is -2.87. The Bertz CT molecular complexity index is 964. The average Bonchev–Trinajstić information content (AvgIpc) is 3.02. The molecule has 0 unspecified atom stereocenters. The minimum atomic E-state index is -1.21. The molecule has 8 heteroatoms. The number of rotatable bonds is 3. The van der Waals surface area contributed by atoms with Crippen LogP contribution in [-0.2, 0) is 9.59 Å². The van der Waals surface area contributed by atoms with E-state index >= 15 is 0 Å². The van der Waals surface area contributed by atoms with Gasteiger partial charge in [0, 0.05) is 0 Å². The molecule has 24 heavy (non-hydrogen) atoms. The molecule has 1 aromatic heterocycles. The van der Waals surface area contributed by atoms with Crippen molar-refractivity contribution < 1.29 is 28.6 Å². The minimum absolute atomic E-state index is 0.0907. The van der Waals surface area contributed by atoms with E-state index in [9.17, 15) is 24.6 Å². The van der Waals surface area contributed by atoms with Gasteiger partial charge < -0.3 is 23.9 Å². The highest BCUT2D eigenvalue weighted by molar-refractivity contribution is 6.06. The van der Waals surface area contributed by atoms with Gasteiger partial charge in [-0.15, -0.1) is 0 Å². The van der Waals surface area contributed by atoms with Gasteiger partial charge in [0.2, 0.25) is 5.91 Å². The van der Waals surface area contributed by atoms with Crippen LogP contribution in [0.3, 0.4) is 0 Å². The zero-order valence-corrected chi connectivity index (χ0v) is 12.6. The summed E-state index contributed by atoms with van der Waals surface area (Å²) in [6.45, 7) is 1.52. The molecule has 2 aliphatic heterocycles. The van der Waals surface area contributed by atoms with Gasteiger partial charge in [-0.2, -0.15) is 0 Å². The second-order valence-corrected chi connectivity index (χ2v) is 5.99. The number of amides is 1. The van der Waals surface area contributed by atoms with Crippen molar-refractivity contribution >= 4 is 28.6 Å². The van der Waals surface area contributed by atoms with Crippen LogP contribution in [0.15, 0.2) is 37.5 Å². The lowest BCUT2D eigenvalue weighted by Crippen LogP contribution is -2.61. The van der Waals surface area contributed by atoms with Crippen molar-refractivity contribution in [1.29, 1.82) is 0 Å². The monoisotopic (exact) mass is 331 g/mol. The lowest BCUT2D eigenvalue weighted by Gasteiger charge is -2.44. The van der Waals surface area contributed by atoms with E-state index in [0.717, 1.165) is 0 Å². The maximum absolute atomic E-state index is 12.2. The fourth-order valence-electron chi connectivity index (χ4n) is 3.59. The number of fused-ring (bicyclic) bond motifs is 2. The summed E-state index contributed by atoms with van der Waals surface area (Å²) in [6, 6.07) is 4.29. The Morgan fingerprint density at radius 2 is 2.00 bits per heavy atom. The molecule has 0 bridgehead atoms. The van der Waals surface area contributed by atoms with Crippen LogP contribution < -0.4 is 5.82 Å². The molecular weight excluding hydrogens is 318 g/mol. The van der Waals surface area contributed by atoms with Gasteiger partial charge in [-0.05, 0) is 36.6 Å². The first-order chi connectivity index (χ1) is 11.4. The van der Waals surface area contributed by atoms with Gasteiger partial charge in [0.25, 0.3) is 0 Å². The third-order valence-corrected chi connectivity index (χ3v) is 4.61. The van der Waals surface area contributed by atoms with Crippen molar-refractivity contribution in [3.8, 4) is 0 Å². The number of carbonyl (C=O) groups is 2. The molecule has 124 valence electrons. The van der Waals surface area contributed by atoms with E-state index in [1.165, 1.54) is 24.0 Å². The van der Waals surface area contributed by atoms with Crippen molar-refractivity contribution in [3.63, 3.8) is 0 Å². The standard InChI is InChI=1S/C16H13NO7/c1-6(18)12-9-5-8(13(15(20)21)17(9)14(12)19)7-2-3-10-11(4-7)24-16(22)23-10/h2-4,6,9,12,18H,5H2,1H3,(H,20,21)/t6-,9+,12+/m1/s1. The van der Waals surface area contributed by atoms with Crippen LogP contribution in [0.2, 0.25) is 0 Å². The highest BCUT2D eigenvalue weighted by atomic mass is 16.6. The van der Waals surface area contributed by atoms with Crippen molar-refractivity contribution in [2.45, 2.75) is 25.5 Å². The second-order valence-electron chi connectivity index (χ2n) is 5.99. The Kier molecular flexibility index (Phi) is 2.95. The van der Waals surface area contributed by atoms with E-state index in [1.54, 1.807) is 6.07 Å². The third kappa shape index (κ3) is 1.86. The molecule has 2 aromatic rings. The number of hydrogen-bond donors (Lipinski definition) is 2. The highest BCUT2D eigenvalue weighted by Crippen LogP contribution is 2.47. The number of aliphatic hydroxyl groups is 1. The number of carboxylic acid groups (broad SMARTS) is 1. The number of hydrogen-bond acceptors (Lipinski definition) is 6. The predicted molar refractivity (Wildman–Crippen MR) is 79.7 cm³/mol. The molecule has 3 heterocycles. The summed E-state index contributed by atoms with van der Waals surface area (Å²) >= 11 is 0. The molecule has 0 saturated carbocycles. The van der Waals surface area contributed by atoms with Gasteiger partial charge in [0.05, 0.1) is 18.1 Å². The molecule has 1 aromatic carbocycles. The lowest BCUT2D eigenvalue weighted by molar-refractivity contribution is -0.161. The van der Waals surface area contributed by atoms with E-state index in [2.05, 4.69) is 0 Å². The van der Waals surface area contributed by atoms with E-state index in [1.807, 2.05) is 0 Å². The molecule has 4 rings (SSSR count). The van der Waals surface area contributed by atoms with Crippen LogP contribution in [0, 0.1) is 5.92 Å². The summed E-state index contributed by atoms with van der Waals surface area (Å²) in [7, 11) is 0. The average molecular weight is 331 g/mol. The third-order valence-electron chi connectivity index (χ3n) is 4.61. The SMILES string of the molecule is C[C@@H](O)[C@@H]1C(=O)N2C(C(=O)O)=C(c3ccc4oc(=O)oc4c3)C[C@@H]12. The first-order valence-corrected chi connectivity index (χ1v) is 7.40. The molecule has 1 fully saturated rings. The molecule has 1 saturated heterocycles. The van der Waals surface area contributed by atoms with Gasteiger partial charge in [0.1, 0.15) is 5.70 Å². The molecule has 3 atom stereocenters. The fraction of sp³-hybridized carbons (Fsp3) is 0.312. The first-order valence-electron chi connectivity index (χ1n) is 7.40. The number of carboxylic acids is 1. The van der Waals surface area contributed by atoms with Gasteiger partial charge >= 0.3 is 11.8 Å². The largest absolute Gasteiger partial charge is 0.519 e. The summed E-state index contributed by atoms with van der Waals surface area (Å²) in [5, 5.41) is 19.3. The van der Waals surface area contributed by atoms with E-state index in [0.29, 0.717) is 17.6 Å². The summed E-state index contributed by atoms with van der Waals surface area (Å²) in [4.78, 5) is 36.2. The van der Waals surface area contributed by atoms with E-state index in [-0.39, 0.29) is 22.9 Å². The van der Waals surface area contributed by atoms with Crippen molar-refractivity contribution in [3.05, 3.63) is 40.1 Å². The molecule has 2 N–H and O–H groups in total. The van der Waals surface area contributed by atoms with Crippen molar-refractivity contribution in [1.82, 2.24) is 4.90 Å². The number of nitrogens with zero attached hydrogens (tertiary/aromatic N) is 1. The maximum Gasteiger partial charge on any atom is 0.519 e. The number of aliphatic carboxylic acids is 1. The smallest absolute Gasteiger partial charge is 0.477 e. The summed E-state index contributed by atoms with van der Waals surface area (Å²) in [5.41, 5.74) is 1.39. The van der Waals surface area contributed by atoms with Crippen LogP contribution in [-0.4, -0.2) is 39.1 Å². The van der Waals surface area contributed by atoms with E-state index in [4.69, 9.17) is 8.83 Å². The number of β-lactam (4-membered cyclic amide) rings is 1. The summed E-state index contributed by atoms with van der Waals surface area (Å²) in [5.74, 6) is -3.04. The van der Waals surface area contributed by atoms with Crippen LogP contribution in [0.5, 0.6) is 0 Å². The molecule has 0 aliphatic carbocycles. The van der Waals surface area contributed by atoms with Crippen LogP contribution in [0.25, 0.3) is 16.7 Å². The van der Waals surface area contributed by atoms with Gasteiger partial charge in [-0.25, -0.2) is 9.59 Å². The minimum Gasteiger partial charge on any atom is -0.477 e. The normalized spacial score (nSPS) is 24.2. The predicted octanol–water partition coefficient (Wildman–Crippen LogP) is 0.793. The summed E-state index contributed by atoms with van der Waals surface area (Å²) < 4.78 is 9.73. The molecule has 0 radical (unpaired) electrons. The van der Waals surface area contributed by atoms with Crippen LogP contribution >= 0.6 is 0 Å². The van der Waals surface area contributed by atoms with Crippen molar-refractivity contribution in [2.75, 3.05) is 0 Å². The lowest BCUT2D eigenvalue weighted by atomic mass is 9.82. The molecule has 1 amide bonds. The topological polar surface area (TPSA) is 121 Å².